The molecule has 2 rings (SSSR count). The summed E-state index contributed by atoms with van der Waals surface area (Å²) < 4.78 is 23.1. The molecule has 1 N–H and O–H groups in total. The molecule has 0 saturated heterocycles. The summed E-state index contributed by atoms with van der Waals surface area (Å²) in [5, 5.41) is 9.68. The lowest BCUT2D eigenvalue weighted by molar-refractivity contribution is 0.103. The second-order valence-electron chi connectivity index (χ2n) is 5.15. The van der Waals surface area contributed by atoms with Crippen LogP contribution in [0.15, 0.2) is 40.9 Å². The number of carbonyl (C=O) groups excluding carboxylic acids is 1. The number of benzene rings is 1. The predicted octanol–water partition coefficient (Wildman–Crippen LogP) is 1.72. The van der Waals surface area contributed by atoms with E-state index in [1.807, 2.05) is 6.07 Å². The molecular formula is C15H15N3O3S. The fraction of sp³-hybridized carbons (Fsp3) is 0.200. The van der Waals surface area contributed by atoms with Crippen LogP contribution < -0.4 is 0 Å². The average molecular weight is 317 g/mol. The number of hydrogen-bond acceptors (Lipinski definition) is 5. The maximum atomic E-state index is 12.3. The first kappa shape index (κ1) is 15.8. The third kappa shape index (κ3) is 3.18. The lowest BCUT2D eigenvalue weighted by Gasteiger charge is -2.04. The maximum Gasteiger partial charge on any atom is 0.221 e. The van der Waals surface area contributed by atoms with Crippen LogP contribution in [0.4, 0.5) is 0 Å². The number of H-pyrrole nitrogens is 1. The highest BCUT2D eigenvalue weighted by Crippen LogP contribution is 2.21. The van der Waals surface area contributed by atoms with Gasteiger partial charge in [0, 0.05) is 37.5 Å². The van der Waals surface area contributed by atoms with Crippen LogP contribution in [0, 0.1) is 11.3 Å². The Labute approximate surface area is 128 Å². The Morgan fingerprint density at radius 1 is 1.32 bits per heavy atom. The number of nitrogens with zero attached hydrogens (tertiary/aromatic N) is 2. The molecule has 2 aromatic rings. The van der Waals surface area contributed by atoms with Crippen LogP contribution in [-0.4, -0.2) is 44.4 Å². The van der Waals surface area contributed by atoms with Gasteiger partial charge in [0.05, 0.1) is 10.6 Å². The second-order valence-corrected chi connectivity index (χ2v) is 7.17. The van der Waals surface area contributed by atoms with Crippen LogP contribution >= 0.6 is 0 Å². The van der Waals surface area contributed by atoms with Crippen LogP contribution in [0.1, 0.15) is 10.5 Å². The number of nitriles is 1. The van der Waals surface area contributed by atoms with Gasteiger partial charge in [0.1, 0.15) is 11.6 Å². The van der Waals surface area contributed by atoms with Gasteiger partial charge in [-0.15, -0.1) is 0 Å². The van der Waals surface area contributed by atoms with E-state index in [0.29, 0.717) is 10.9 Å². The van der Waals surface area contributed by atoms with Crippen molar-refractivity contribution in [3.63, 3.8) is 0 Å². The summed E-state index contributed by atoms with van der Waals surface area (Å²) in [4.78, 5) is 17.0. The number of ketones is 1. The summed E-state index contributed by atoms with van der Waals surface area (Å²) >= 11 is 0. The van der Waals surface area contributed by atoms with E-state index in [4.69, 9.17) is 5.26 Å². The smallest absolute Gasteiger partial charge is 0.221 e. The van der Waals surface area contributed by atoms with E-state index < -0.39 is 15.6 Å². The Morgan fingerprint density at radius 3 is 2.55 bits per heavy atom. The second kappa shape index (κ2) is 5.66. The molecule has 6 nitrogen and oxygen atoms in total. The highest BCUT2D eigenvalue weighted by Gasteiger charge is 2.16. The van der Waals surface area contributed by atoms with E-state index in [1.54, 1.807) is 31.1 Å². The normalized spacial score (nSPS) is 12.2. The van der Waals surface area contributed by atoms with Crippen LogP contribution in [0.5, 0.6) is 0 Å². The third-order valence-electron chi connectivity index (χ3n) is 3.02. The molecule has 0 spiro atoms. The molecule has 0 unspecified atom stereocenters. The Bertz CT molecular complexity index is 915. The van der Waals surface area contributed by atoms with Crippen molar-refractivity contribution in [2.24, 2.45) is 0 Å². The number of carbonyl (C=O) groups is 1. The molecule has 1 aromatic carbocycles. The van der Waals surface area contributed by atoms with Crippen molar-refractivity contribution >= 4 is 26.5 Å². The molecule has 114 valence electrons. The quantitative estimate of drug-likeness (QED) is 0.526. The van der Waals surface area contributed by atoms with Crippen LogP contribution in [0.3, 0.4) is 0 Å². The molecule has 0 saturated carbocycles. The monoisotopic (exact) mass is 317 g/mol. The minimum atomic E-state index is -3.31. The molecule has 0 bridgehead atoms. The van der Waals surface area contributed by atoms with E-state index in [1.165, 1.54) is 18.3 Å². The van der Waals surface area contributed by atoms with Crippen molar-refractivity contribution in [2.45, 2.75) is 4.90 Å². The van der Waals surface area contributed by atoms with Gasteiger partial charge in [0.15, 0.2) is 9.84 Å². The van der Waals surface area contributed by atoms with Crippen molar-refractivity contribution in [2.75, 3.05) is 20.4 Å². The standard InChI is InChI=1S/C15H15N3O3S/c1-18(2)9-11(8-16)15(19)14-7-10-6-12(22(3,20)21)4-5-13(10)17-14/h4-7,9,17H,1-3H3. The van der Waals surface area contributed by atoms with Crippen molar-refractivity contribution in [3.05, 3.63) is 41.7 Å². The highest BCUT2D eigenvalue weighted by atomic mass is 32.2. The Kier molecular flexibility index (Phi) is 4.06. The number of aromatic amines is 1. The van der Waals surface area contributed by atoms with Gasteiger partial charge < -0.3 is 9.88 Å². The van der Waals surface area contributed by atoms with Gasteiger partial charge >= 0.3 is 0 Å². The number of fused-ring (bicyclic) bond motifs is 1. The molecule has 22 heavy (non-hydrogen) atoms. The number of sulfone groups is 1. The number of hydrogen-bond donors (Lipinski definition) is 1. The first-order valence-corrected chi connectivity index (χ1v) is 8.27. The third-order valence-corrected chi connectivity index (χ3v) is 4.13. The van der Waals surface area contributed by atoms with Gasteiger partial charge in [-0.3, -0.25) is 4.79 Å². The molecule has 0 aliphatic carbocycles. The molecule has 1 heterocycles. The summed E-state index contributed by atoms with van der Waals surface area (Å²) in [5.41, 5.74) is 0.882. The van der Waals surface area contributed by atoms with Crippen molar-refractivity contribution in [1.82, 2.24) is 9.88 Å². The molecule has 0 amide bonds. The number of aromatic nitrogens is 1. The molecule has 0 aliphatic rings. The predicted molar refractivity (Wildman–Crippen MR) is 83.1 cm³/mol. The van der Waals surface area contributed by atoms with Crippen LogP contribution in [-0.2, 0) is 9.84 Å². The largest absolute Gasteiger partial charge is 0.382 e. The van der Waals surface area contributed by atoms with E-state index in [9.17, 15) is 13.2 Å². The van der Waals surface area contributed by atoms with Gasteiger partial charge in [-0.1, -0.05) is 0 Å². The Hall–Kier alpha value is -2.59. The molecule has 0 atom stereocenters. The summed E-state index contributed by atoms with van der Waals surface area (Å²) in [6.07, 6.45) is 2.57. The van der Waals surface area contributed by atoms with Crippen LogP contribution in [0.2, 0.25) is 0 Å². The fourth-order valence-corrected chi connectivity index (χ4v) is 2.66. The van der Waals surface area contributed by atoms with Crippen molar-refractivity contribution < 1.29 is 13.2 Å². The summed E-state index contributed by atoms with van der Waals surface area (Å²) in [6, 6.07) is 7.99. The van der Waals surface area contributed by atoms with Gasteiger partial charge in [-0.05, 0) is 24.3 Å². The lowest BCUT2D eigenvalue weighted by atomic mass is 10.1. The zero-order chi connectivity index (χ0) is 16.5. The first-order chi connectivity index (χ1) is 10.2. The molecule has 0 radical (unpaired) electrons. The maximum absolute atomic E-state index is 12.3. The van der Waals surface area contributed by atoms with Gasteiger partial charge in [0.25, 0.3) is 0 Å². The SMILES string of the molecule is CN(C)C=C(C#N)C(=O)c1cc2cc(S(C)(=O)=O)ccc2[nH]1. The Balaban J connectivity index is 2.50. The van der Waals surface area contributed by atoms with Gasteiger partial charge in [-0.25, -0.2) is 8.42 Å². The molecule has 0 aliphatic heterocycles. The average Bonchev–Trinajstić information content (AvgIpc) is 2.85. The lowest BCUT2D eigenvalue weighted by Crippen LogP contribution is -2.09. The number of allylic oxidation sites excluding steroid dienone is 1. The fourth-order valence-electron chi connectivity index (χ4n) is 2.01. The molecule has 0 fully saturated rings. The van der Waals surface area contributed by atoms with E-state index in [2.05, 4.69) is 4.98 Å². The zero-order valence-corrected chi connectivity index (χ0v) is 13.2. The summed E-state index contributed by atoms with van der Waals surface area (Å²) in [7, 11) is 0.122. The van der Waals surface area contributed by atoms with E-state index in [-0.39, 0.29) is 16.2 Å². The molecule has 1 aromatic heterocycles. The topological polar surface area (TPSA) is 94.0 Å². The number of rotatable bonds is 4. The summed E-state index contributed by atoms with van der Waals surface area (Å²) in [5.74, 6) is -0.437. The van der Waals surface area contributed by atoms with E-state index >= 15 is 0 Å². The van der Waals surface area contributed by atoms with Crippen molar-refractivity contribution in [1.29, 1.82) is 5.26 Å². The molecule has 7 heteroatoms. The van der Waals surface area contributed by atoms with Gasteiger partial charge in [0.2, 0.25) is 5.78 Å². The van der Waals surface area contributed by atoms with Crippen molar-refractivity contribution in [3.8, 4) is 6.07 Å². The van der Waals surface area contributed by atoms with Gasteiger partial charge in [-0.2, -0.15) is 5.26 Å². The zero-order valence-electron chi connectivity index (χ0n) is 12.4. The Morgan fingerprint density at radius 2 is 2.00 bits per heavy atom. The van der Waals surface area contributed by atoms with E-state index in [0.717, 1.165) is 6.26 Å². The number of nitrogens with one attached hydrogen (secondary N) is 1. The number of Topliss-reactive ketones (excluding diaryl/α,β-unsaturated/α-hetero) is 1. The highest BCUT2D eigenvalue weighted by molar-refractivity contribution is 7.90. The minimum absolute atomic E-state index is 0.0000994. The summed E-state index contributed by atoms with van der Waals surface area (Å²) in [6.45, 7) is 0. The van der Waals surface area contributed by atoms with Crippen LogP contribution in [0.25, 0.3) is 10.9 Å². The first-order valence-electron chi connectivity index (χ1n) is 6.38. The molecular weight excluding hydrogens is 302 g/mol. The minimum Gasteiger partial charge on any atom is -0.382 e.